The Bertz CT molecular complexity index is 1120. The average molecular weight is 416 g/mol. The molecule has 2 aliphatic rings. The number of nitrogens with one attached hydrogen (secondary N) is 1. The fraction of sp³-hybridized carbons (Fsp3) is 0.381. The number of ether oxygens (including phenoxy) is 1. The molecular weight excluding hydrogens is 394 g/mol. The highest BCUT2D eigenvalue weighted by molar-refractivity contribution is 5.89. The van der Waals surface area contributed by atoms with Crippen molar-refractivity contribution in [2.75, 3.05) is 12.3 Å². The molecule has 9 heteroatoms. The second-order valence-corrected chi connectivity index (χ2v) is 7.85. The second-order valence-electron chi connectivity index (χ2n) is 7.85. The summed E-state index contributed by atoms with van der Waals surface area (Å²) in [5, 5.41) is 24.7. The van der Waals surface area contributed by atoms with Crippen LogP contribution in [0.15, 0.2) is 30.6 Å². The molecule has 2 aromatic heterocycles. The first-order valence-corrected chi connectivity index (χ1v) is 9.90. The molecule has 3 heterocycles. The molecule has 1 aliphatic heterocycles. The van der Waals surface area contributed by atoms with Crippen molar-refractivity contribution in [3.63, 3.8) is 0 Å². The average Bonchev–Trinajstić information content (AvgIpc) is 3.22. The van der Waals surface area contributed by atoms with Crippen molar-refractivity contribution in [3.8, 4) is 5.75 Å². The maximum atomic E-state index is 14.5. The van der Waals surface area contributed by atoms with E-state index in [0.29, 0.717) is 36.5 Å². The number of pyridine rings is 1. The number of nitrogens with two attached hydrogens (primary N) is 1. The smallest absolute Gasteiger partial charge is 0.152 e. The number of benzene rings is 1. The molecule has 0 spiro atoms. The normalized spacial score (nSPS) is 26.1. The summed E-state index contributed by atoms with van der Waals surface area (Å²) in [4.78, 5) is 4.20. The molecule has 1 fully saturated rings. The van der Waals surface area contributed by atoms with Gasteiger partial charge in [0.25, 0.3) is 0 Å². The molecule has 0 radical (unpaired) electrons. The summed E-state index contributed by atoms with van der Waals surface area (Å²) in [5.41, 5.74) is 7.75. The van der Waals surface area contributed by atoms with Crippen molar-refractivity contribution in [1.82, 2.24) is 14.9 Å². The first-order chi connectivity index (χ1) is 14.5. The van der Waals surface area contributed by atoms with Crippen LogP contribution in [0.5, 0.6) is 5.75 Å². The van der Waals surface area contributed by atoms with E-state index in [9.17, 15) is 19.0 Å². The lowest BCUT2D eigenvalue weighted by molar-refractivity contribution is -0.0167. The number of anilines is 1. The van der Waals surface area contributed by atoms with Crippen LogP contribution in [0, 0.1) is 11.6 Å². The number of nitrogens with zero attached hydrogens (tertiary/aromatic N) is 2. The maximum Gasteiger partial charge on any atom is 0.152 e. The summed E-state index contributed by atoms with van der Waals surface area (Å²) in [6, 6.07) is 3.75. The molecule has 2 unspecified atom stereocenters. The van der Waals surface area contributed by atoms with Crippen LogP contribution in [0.2, 0.25) is 0 Å². The Balaban J connectivity index is 1.46. The van der Waals surface area contributed by atoms with Crippen molar-refractivity contribution < 1.29 is 23.7 Å². The molecule has 1 saturated carbocycles. The van der Waals surface area contributed by atoms with Gasteiger partial charge in [-0.25, -0.2) is 13.8 Å². The zero-order valence-corrected chi connectivity index (χ0v) is 16.1. The minimum atomic E-state index is -1.20. The summed E-state index contributed by atoms with van der Waals surface area (Å²) < 4.78 is 36.1. The largest absolute Gasteiger partial charge is 0.487 e. The van der Waals surface area contributed by atoms with Crippen molar-refractivity contribution in [3.05, 3.63) is 53.4 Å². The van der Waals surface area contributed by atoms with Gasteiger partial charge in [0.1, 0.15) is 35.5 Å². The van der Waals surface area contributed by atoms with Crippen molar-refractivity contribution in [1.29, 1.82) is 0 Å². The van der Waals surface area contributed by atoms with Gasteiger partial charge in [0.2, 0.25) is 0 Å². The van der Waals surface area contributed by atoms with E-state index in [2.05, 4.69) is 10.3 Å². The zero-order chi connectivity index (χ0) is 21.0. The number of halogens is 2. The van der Waals surface area contributed by atoms with E-state index in [1.165, 1.54) is 29.1 Å². The molecule has 5 rings (SSSR count). The third-order valence-electron chi connectivity index (χ3n) is 6.12. The van der Waals surface area contributed by atoms with Gasteiger partial charge in [-0.2, -0.15) is 0 Å². The minimum Gasteiger partial charge on any atom is -0.487 e. The van der Waals surface area contributed by atoms with Gasteiger partial charge in [0.15, 0.2) is 5.82 Å². The quantitative estimate of drug-likeness (QED) is 0.518. The standard InChI is InChI=1S/C21H22F2N4O3/c22-12-1-2-16(11-8-25-5-3-10(11)12)30-17-7-15(19(28)20(17)29)27-9-13(23)18-14(24)4-6-26-21(18)27/h1-2,4,6,9,15,17,19-20,25,28-29H,3,5,7-8H2,(H2,24,26)/t15?,17?,19-,20+/m0/s1. The van der Waals surface area contributed by atoms with Gasteiger partial charge >= 0.3 is 0 Å². The van der Waals surface area contributed by atoms with Crippen LogP contribution < -0.4 is 15.8 Å². The molecule has 1 aromatic carbocycles. The van der Waals surface area contributed by atoms with Gasteiger partial charge in [-0.05, 0) is 36.7 Å². The first-order valence-electron chi connectivity index (χ1n) is 9.90. The summed E-state index contributed by atoms with van der Waals surface area (Å²) in [6.45, 7) is 1.15. The highest BCUT2D eigenvalue weighted by Crippen LogP contribution is 2.38. The van der Waals surface area contributed by atoms with Crippen molar-refractivity contribution in [2.24, 2.45) is 0 Å². The molecular formula is C21H22F2N4O3. The lowest BCUT2D eigenvalue weighted by Gasteiger charge is -2.24. The summed E-state index contributed by atoms with van der Waals surface area (Å²) in [6.07, 6.45) is 0.345. The van der Waals surface area contributed by atoms with Gasteiger partial charge < -0.3 is 30.6 Å². The summed E-state index contributed by atoms with van der Waals surface area (Å²) in [7, 11) is 0. The third-order valence-corrected chi connectivity index (χ3v) is 6.12. The number of aliphatic hydroxyl groups excluding tert-OH is 2. The Kier molecular flexibility index (Phi) is 4.61. The van der Waals surface area contributed by atoms with E-state index < -0.39 is 30.2 Å². The Morgan fingerprint density at radius 3 is 2.80 bits per heavy atom. The van der Waals surface area contributed by atoms with E-state index >= 15 is 0 Å². The molecule has 158 valence electrons. The summed E-state index contributed by atoms with van der Waals surface area (Å²) >= 11 is 0. The van der Waals surface area contributed by atoms with Crippen LogP contribution in [-0.4, -0.2) is 44.6 Å². The van der Waals surface area contributed by atoms with E-state index in [1.54, 1.807) is 6.07 Å². The SMILES string of the molecule is Nc1ccnc2c1c(F)cn2C1CC(Oc2ccc(F)c3c2CNCC3)[C@@H](O)[C@H]1O. The molecule has 30 heavy (non-hydrogen) atoms. The number of aromatic nitrogens is 2. The van der Waals surface area contributed by atoms with Crippen LogP contribution in [0.25, 0.3) is 11.0 Å². The van der Waals surface area contributed by atoms with E-state index in [1.807, 2.05) is 0 Å². The lowest BCUT2D eigenvalue weighted by atomic mass is 9.99. The van der Waals surface area contributed by atoms with Crippen LogP contribution >= 0.6 is 0 Å². The molecule has 0 amide bonds. The Morgan fingerprint density at radius 1 is 1.13 bits per heavy atom. The third kappa shape index (κ3) is 2.92. The number of aliphatic hydroxyl groups is 2. The molecule has 3 aromatic rings. The predicted molar refractivity (Wildman–Crippen MR) is 106 cm³/mol. The second kappa shape index (κ2) is 7.19. The van der Waals surface area contributed by atoms with Crippen LogP contribution in [0.1, 0.15) is 23.6 Å². The number of hydrogen-bond donors (Lipinski definition) is 4. The van der Waals surface area contributed by atoms with E-state index in [-0.39, 0.29) is 23.3 Å². The fourth-order valence-electron chi connectivity index (χ4n) is 4.57. The van der Waals surface area contributed by atoms with E-state index in [0.717, 1.165) is 5.56 Å². The van der Waals surface area contributed by atoms with Crippen LogP contribution in [0.3, 0.4) is 0 Å². The van der Waals surface area contributed by atoms with Gasteiger partial charge in [-0.3, -0.25) is 0 Å². The fourth-order valence-corrected chi connectivity index (χ4v) is 4.57. The monoisotopic (exact) mass is 416 g/mol. The molecule has 0 bridgehead atoms. The molecule has 5 N–H and O–H groups in total. The highest BCUT2D eigenvalue weighted by atomic mass is 19.1. The van der Waals surface area contributed by atoms with Gasteiger partial charge in [-0.1, -0.05) is 0 Å². The maximum absolute atomic E-state index is 14.5. The van der Waals surface area contributed by atoms with Gasteiger partial charge in [0, 0.05) is 36.6 Å². The van der Waals surface area contributed by atoms with Crippen molar-refractivity contribution in [2.45, 2.75) is 43.7 Å². The predicted octanol–water partition coefficient (Wildman–Crippen LogP) is 1.66. The van der Waals surface area contributed by atoms with E-state index in [4.69, 9.17) is 10.5 Å². The molecule has 1 aliphatic carbocycles. The first kappa shape index (κ1) is 19.2. The number of nitrogen functional groups attached to an aromatic ring is 1. The van der Waals surface area contributed by atoms with Crippen LogP contribution in [0.4, 0.5) is 14.5 Å². The summed E-state index contributed by atoms with van der Waals surface area (Å²) in [5.74, 6) is -0.344. The number of fused-ring (bicyclic) bond motifs is 2. The highest BCUT2D eigenvalue weighted by Gasteiger charge is 2.45. The van der Waals surface area contributed by atoms with Crippen molar-refractivity contribution >= 4 is 16.7 Å². The molecule has 7 nitrogen and oxygen atoms in total. The van der Waals surface area contributed by atoms with Gasteiger partial charge in [0.05, 0.1) is 11.4 Å². The van der Waals surface area contributed by atoms with Crippen LogP contribution in [-0.2, 0) is 13.0 Å². The number of hydrogen-bond acceptors (Lipinski definition) is 6. The number of rotatable bonds is 3. The topological polar surface area (TPSA) is 106 Å². The molecule has 4 atom stereocenters. The lowest BCUT2D eigenvalue weighted by Crippen LogP contribution is -2.35. The Hall–Kier alpha value is -2.75. The minimum absolute atomic E-state index is 0.183. The molecule has 0 saturated heterocycles. The van der Waals surface area contributed by atoms with Gasteiger partial charge in [-0.15, -0.1) is 0 Å². The zero-order valence-electron chi connectivity index (χ0n) is 16.1. The Morgan fingerprint density at radius 2 is 1.97 bits per heavy atom. The Labute approximate surface area is 171 Å².